The number of alkyl halides is 3. The molecule has 30 heavy (non-hydrogen) atoms. The third-order valence-electron chi connectivity index (χ3n) is 4.27. The molecule has 0 atom stereocenters. The fourth-order valence-electron chi connectivity index (χ4n) is 2.91. The average Bonchev–Trinajstić information content (AvgIpc) is 3.18. The van der Waals surface area contributed by atoms with Crippen molar-refractivity contribution in [3.63, 3.8) is 0 Å². The summed E-state index contributed by atoms with van der Waals surface area (Å²) in [4.78, 5) is 20.7. The van der Waals surface area contributed by atoms with E-state index >= 15 is 0 Å². The lowest BCUT2D eigenvalue weighted by Crippen LogP contribution is -2.16. The van der Waals surface area contributed by atoms with Crippen LogP contribution in [0.4, 0.5) is 19.0 Å². The van der Waals surface area contributed by atoms with E-state index < -0.39 is 17.6 Å². The number of nitrogens with zero attached hydrogens (tertiary/aromatic N) is 4. The van der Waals surface area contributed by atoms with Gasteiger partial charge in [-0.3, -0.25) is 4.79 Å². The highest BCUT2D eigenvalue weighted by Gasteiger charge is 2.34. The largest absolute Gasteiger partial charge is 0.481 e. The number of methoxy groups -OCH3 is 1. The van der Waals surface area contributed by atoms with Gasteiger partial charge in [0.1, 0.15) is 11.5 Å². The third-order valence-corrected chi connectivity index (χ3v) is 4.27. The molecule has 0 bridgehead atoms. The van der Waals surface area contributed by atoms with Crippen LogP contribution in [-0.4, -0.2) is 32.6 Å². The normalized spacial score (nSPS) is 11.5. The number of hydrogen-bond acceptors (Lipinski definition) is 5. The van der Waals surface area contributed by atoms with Crippen LogP contribution in [-0.2, 0) is 6.18 Å². The number of rotatable bonds is 4. The average molecular weight is 413 g/mol. The van der Waals surface area contributed by atoms with Gasteiger partial charge in [0, 0.05) is 23.9 Å². The van der Waals surface area contributed by atoms with Gasteiger partial charge < -0.3 is 10.1 Å². The molecule has 0 unspecified atom stereocenters. The maximum atomic E-state index is 13.4. The zero-order valence-corrected chi connectivity index (χ0v) is 15.5. The van der Waals surface area contributed by atoms with E-state index in [0.29, 0.717) is 0 Å². The molecule has 0 aliphatic carbocycles. The van der Waals surface area contributed by atoms with Crippen molar-refractivity contribution in [1.29, 1.82) is 0 Å². The van der Waals surface area contributed by atoms with Gasteiger partial charge in [0.2, 0.25) is 5.88 Å². The van der Waals surface area contributed by atoms with Crippen LogP contribution in [0.3, 0.4) is 0 Å². The summed E-state index contributed by atoms with van der Waals surface area (Å²) in [5.74, 6) is -0.0350. The minimum absolute atomic E-state index is 0.0802. The summed E-state index contributed by atoms with van der Waals surface area (Å²) in [6, 6.07) is 12.8. The first kappa shape index (κ1) is 19.4. The molecule has 1 N–H and O–H groups in total. The number of carbonyl (C=O) groups excluding carboxylic acids is 1. The van der Waals surface area contributed by atoms with Gasteiger partial charge in [0.05, 0.1) is 18.4 Å². The van der Waals surface area contributed by atoms with E-state index in [9.17, 15) is 18.0 Å². The lowest BCUT2D eigenvalue weighted by molar-refractivity contribution is -0.137. The number of hydrogen-bond donors (Lipinski definition) is 1. The molecule has 0 saturated carbocycles. The predicted molar refractivity (Wildman–Crippen MR) is 102 cm³/mol. The van der Waals surface area contributed by atoms with Gasteiger partial charge >= 0.3 is 6.18 Å². The van der Waals surface area contributed by atoms with Gasteiger partial charge in [-0.1, -0.05) is 24.3 Å². The van der Waals surface area contributed by atoms with E-state index in [2.05, 4.69) is 20.4 Å². The lowest BCUT2D eigenvalue weighted by atomic mass is 10.0. The van der Waals surface area contributed by atoms with E-state index in [1.807, 2.05) is 0 Å². The standard InChI is InChI=1S/C20H14F3N5O2/c1-30-18-8-4-7-14(25-18)19(29)26-16-9-10-24-17-11-15(27-28(16)17)12-5-2-3-6-13(12)20(21,22)23/h2-11H,1H3,(H,26,29). The molecule has 1 aromatic carbocycles. The van der Waals surface area contributed by atoms with Crippen molar-refractivity contribution in [3.8, 4) is 17.1 Å². The van der Waals surface area contributed by atoms with Crippen molar-refractivity contribution >= 4 is 17.4 Å². The molecule has 3 heterocycles. The number of pyridine rings is 1. The molecule has 0 radical (unpaired) electrons. The molecule has 7 nitrogen and oxygen atoms in total. The first-order valence-electron chi connectivity index (χ1n) is 8.70. The van der Waals surface area contributed by atoms with Crippen LogP contribution in [0, 0.1) is 0 Å². The summed E-state index contributed by atoms with van der Waals surface area (Å²) >= 11 is 0. The summed E-state index contributed by atoms with van der Waals surface area (Å²) in [7, 11) is 1.43. The molecule has 3 aromatic heterocycles. The number of ether oxygens (including phenoxy) is 1. The minimum Gasteiger partial charge on any atom is -0.481 e. The van der Waals surface area contributed by atoms with Crippen LogP contribution in [0.2, 0.25) is 0 Å². The first-order chi connectivity index (χ1) is 14.4. The summed E-state index contributed by atoms with van der Waals surface area (Å²) < 4.78 is 46.4. The molecular formula is C20H14F3N5O2. The maximum Gasteiger partial charge on any atom is 0.417 e. The van der Waals surface area contributed by atoms with Gasteiger partial charge in [0.25, 0.3) is 5.91 Å². The molecule has 4 aromatic rings. The first-order valence-corrected chi connectivity index (χ1v) is 8.70. The Morgan fingerprint density at radius 3 is 2.67 bits per heavy atom. The van der Waals surface area contributed by atoms with Crippen LogP contribution in [0.1, 0.15) is 16.1 Å². The molecule has 0 aliphatic rings. The Morgan fingerprint density at radius 1 is 1.10 bits per heavy atom. The van der Waals surface area contributed by atoms with Crippen LogP contribution < -0.4 is 10.1 Å². The van der Waals surface area contributed by atoms with Gasteiger partial charge in [-0.2, -0.15) is 22.8 Å². The topological polar surface area (TPSA) is 81.4 Å². The highest BCUT2D eigenvalue weighted by atomic mass is 19.4. The second-order valence-electron chi connectivity index (χ2n) is 6.19. The Morgan fingerprint density at radius 2 is 1.90 bits per heavy atom. The molecule has 0 fully saturated rings. The number of amides is 1. The number of benzene rings is 1. The van der Waals surface area contributed by atoms with Crippen molar-refractivity contribution in [1.82, 2.24) is 19.6 Å². The second-order valence-corrected chi connectivity index (χ2v) is 6.19. The molecule has 152 valence electrons. The van der Waals surface area contributed by atoms with E-state index in [-0.39, 0.29) is 34.3 Å². The van der Waals surface area contributed by atoms with E-state index in [1.54, 1.807) is 12.1 Å². The smallest absolute Gasteiger partial charge is 0.417 e. The van der Waals surface area contributed by atoms with Crippen LogP contribution >= 0.6 is 0 Å². The SMILES string of the molecule is COc1cccc(C(=O)Nc2ccnc3cc(-c4ccccc4C(F)(F)F)nn23)n1. The summed E-state index contributed by atoms with van der Waals surface area (Å²) in [6.07, 6.45) is -3.11. The molecule has 4 rings (SSSR count). The van der Waals surface area contributed by atoms with Crippen molar-refractivity contribution < 1.29 is 22.7 Å². The molecular weight excluding hydrogens is 399 g/mol. The minimum atomic E-state index is -4.53. The van der Waals surface area contributed by atoms with Crippen LogP contribution in [0.15, 0.2) is 60.8 Å². The Hall–Kier alpha value is -3.95. The molecule has 10 heteroatoms. The van der Waals surface area contributed by atoms with E-state index in [1.165, 1.54) is 54.2 Å². The highest BCUT2D eigenvalue weighted by molar-refractivity contribution is 6.02. The Bertz CT molecular complexity index is 1240. The van der Waals surface area contributed by atoms with Gasteiger partial charge in [0.15, 0.2) is 5.65 Å². The zero-order chi connectivity index (χ0) is 21.3. The van der Waals surface area contributed by atoms with Crippen LogP contribution in [0.5, 0.6) is 5.88 Å². The van der Waals surface area contributed by atoms with Gasteiger partial charge in [-0.15, -0.1) is 0 Å². The van der Waals surface area contributed by atoms with Crippen LogP contribution in [0.25, 0.3) is 16.9 Å². The lowest BCUT2D eigenvalue weighted by Gasteiger charge is -2.10. The van der Waals surface area contributed by atoms with Crippen molar-refractivity contribution in [2.75, 3.05) is 12.4 Å². The number of anilines is 1. The monoisotopic (exact) mass is 413 g/mol. The Balaban J connectivity index is 1.73. The van der Waals surface area contributed by atoms with Crippen molar-refractivity contribution in [2.24, 2.45) is 0 Å². The highest BCUT2D eigenvalue weighted by Crippen LogP contribution is 2.36. The van der Waals surface area contributed by atoms with Crippen molar-refractivity contribution in [2.45, 2.75) is 6.18 Å². The summed E-state index contributed by atoms with van der Waals surface area (Å²) in [5.41, 5.74) is -0.425. The van der Waals surface area contributed by atoms with E-state index in [0.717, 1.165) is 6.07 Å². The fourth-order valence-corrected chi connectivity index (χ4v) is 2.91. The number of halogens is 3. The molecule has 0 saturated heterocycles. The predicted octanol–water partition coefficient (Wildman–Crippen LogP) is 4.07. The summed E-state index contributed by atoms with van der Waals surface area (Å²) in [5, 5.41) is 6.88. The second kappa shape index (κ2) is 7.47. The quantitative estimate of drug-likeness (QED) is 0.546. The molecule has 0 aliphatic heterocycles. The van der Waals surface area contributed by atoms with E-state index in [4.69, 9.17) is 4.74 Å². The summed E-state index contributed by atoms with van der Waals surface area (Å²) in [6.45, 7) is 0. The zero-order valence-electron chi connectivity index (χ0n) is 15.5. The number of fused-ring (bicyclic) bond motifs is 1. The van der Waals surface area contributed by atoms with Gasteiger partial charge in [-0.25, -0.2) is 9.97 Å². The number of aromatic nitrogens is 4. The number of carbonyl (C=O) groups is 1. The Kier molecular flexibility index (Phi) is 4.82. The fraction of sp³-hybridized carbons (Fsp3) is 0.100. The Labute approximate surface area is 168 Å². The molecule has 1 amide bonds. The number of nitrogens with one attached hydrogen (secondary N) is 1. The third kappa shape index (κ3) is 3.66. The van der Waals surface area contributed by atoms with Crippen molar-refractivity contribution in [3.05, 3.63) is 72.1 Å². The van der Waals surface area contributed by atoms with Gasteiger partial charge in [-0.05, 0) is 18.2 Å². The molecule has 0 spiro atoms. The maximum absolute atomic E-state index is 13.4.